The van der Waals surface area contributed by atoms with Crippen LogP contribution < -0.4 is 5.32 Å². The number of likely N-dealkylation sites (tertiary alicyclic amines) is 1. The maximum Gasteiger partial charge on any atom is 0.253 e. The van der Waals surface area contributed by atoms with Crippen molar-refractivity contribution < 1.29 is 14.0 Å². The molecule has 5 rings (SSSR count). The minimum absolute atomic E-state index is 0.0525. The van der Waals surface area contributed by atoms with E-state index in [9.17, 15) is 9.59 Å². The van der Waals surface area contributed by atoms with Gasteiger partial charge in [0.1, 0.15) is 5.52 Å². The lowest BCUT2D eigenvalue weighted by Gasteiger charge is -2.32. The van der Waals surface area contributed by atoms with E-state index in [1.807, 2.05) is 23.1 Å². The number of aromatic nitrogens is 1. The van der Waals surface area contributed by atoms with Crippen LogP contribution in [0.5, 0.6) is 0 Å². The predicted molar refractivity (Wildman–Crippen MR) is 110 cm³/mol. The maximum absolute atomic E-state index is 12.9. The van der Waals surface area contributed by atoms with Crippen LogP contribution in [-0.2, 0) is 4.79 Å². The Balaban J connectivity index is 1.15. The van der Waals surface area contributed by atoms with Gasteiger partial charge in [-0.1, -0.05) is 12.8 Å². The molecular formula is C23H29N3O3. The lowest BCUT2D eigenvalue weighted by molar-refractivity contribution is -0.123. The molecule has 2 aliphatic carbocycles. The summed E-state index contributed by atoms with van der Waals surface area (Å²) >= 11 is 0. The van der Waals surface area contributed by atoms with Crippen molar-refractivity contribution in [1.82, 2.24) is 15.2 Å². The molecule has 2 amide bonds. The van der Waals surface area contributed by atoms with Gasteiger partial charge < -0.3 is 14.6 Å². The van der Waals surface area contributed by atoms with Crippen molar-refractivity contribution in [2.24, 2.45) is 5.92 Å². The van der Waals surface area contributed by atoms with E-state index < -0.39 is 0 Å². The van der Waals surface area contributed by atoms with Crippen LogP contribution in [0.4, 0.5) is 0 Å². The Kier molecular flexibility index (Phi) is 5.02. The fourth-order valence-corrected chi connectivity index (χ4v) is 4.72. The zero-order chi connectivity index (χ0) is 19.8. The van der Waals surface area contributed by atoms with Gasteiger partial charge in [-0.25, -0.2) is 4.98 Å². The summed E-state index contributed by atoms with van der Waals surface area (Å²) in [5.41, 5.74) is 2.21. The molecule has 1 aromatic heterocycles. The molecule has 0 radical (unpaired) electrons. The Labute approximate surface area is 171 Å². The second-order valence-corrected chi connectivity index (χ2v) is 9.00. The largest absolute Gasteiger partial charge is 0.440 e. The highest BCUT2D eigenvalue weighted by atomic mass is 16.3. The minimum atomic E-state index is 0.0525. The lowest BCUT2D eigenvalue weighted by atomic mass is 9.92. The number of fused-ring (bicyclic) bond motifs is 1. The molecule has 6 nitrogen and oxygen atoms in total. The molecule has 2 heterocycles. The second-order valence-electron chi connectivity index (χ2n) is 9.00. The van der Waals surface area contributed by atoms with Crippen molar-refractivity contribution in [1.29, 1.82) is 0 Å². The number of nitrogens with zero attached hydrogens (tertiary/aromatic N) is 2. The number of amides is 2. The third-order valence-electron chi connectivity index (χ3n) is 6.67. The Bertz CT molecular complexity index is 903. The van der Waals surface area contributed by atoms with Gasteiger partial charge >= 0.3 is 0 Å². The number of carbonyl (C=O) groups excluding carboxylic acids is 2. The molecular weight excluding hydrogens is 366 g/mol. The van der Waals surface area contributed by atoms with E-state index in [1.54, 1.807) is 0 Å². The Morgan fingerprint density at radius 3 is 2.55 bits per heavy atom. The van der Waals surface area contributed by atoms with Gasteiger partial charge in [-0.2, -0.15) is 0 Å². The summed E-state index contributed by atoms with van der Waals surface area (Å²) in [6.45, 7) is 1.43. The molecule has 0 unspecified atom stereocenters. The maximum atomic E-state index is 12.9. The van der Waals surface area contributed by atoms with Gasteiger partial charge in [0.2, 0.25) is 5.91 Å². The molecule has 2 aromatic rings. The van der Waals surface area contributed by atoms with Crippen molar-refractivity contribution in [3.63, 3.8) is 0 Å². The van der Waals surface area contributed by atoms with Crippen LogP contribution in [0.15, 0.2) is 22.6 Å². The summed E-state index contributed by atoms with van der Waals surface area (Å²) in [4.78, 5) is 31.7. The smallest absolute Gasteiger partial charge is 0.253 e. The third kappa shape index (κ3) is 4.16. The minimum Gasteiger partial charge on any atom is -0.440 e. The van der Waals surface area contributed by atoms with Crippen molar-refractivity contribution >= 4 is 22.9 Å². The highest BCUT2D eigenvalue weighted by Crippen LogP contribution is 2.40. The molecule has 6 heteroatoms. The van der Waals surface area contributed by atoms with Gasteiger partial charge in [0, 0.05) is 37.0 Å². The molecule has 1 N–H and O–H groups in total. The summed E-state index contributed by atoms with van der Waals surface area (Å²) in [5.74, 6) is 1.88. The van der Waals surface area contributed by atoms with Crippen LogP contribution in [0.2, 0.25) is 0 Å². The number of benzene rings is 1. The van der Waals surface area contributed by atoms with Crippen LogP contribution in [0.25, 0.3) is 11.1 Å². The first-order valence-electron chi connectivity index (χ1n) is 11.1. The highest BCUT2D eigenvalue weighted by molar-refractivity contribution is 5.97. The normalized spacial score (nSPS) is 21.0. The fraction of sp³-hybridized carbons (Fsp3) is 0.609. The summed E-state index contributed by atoms with van der Waals surface area (Å²) < 4.78 is 5.80. The Morgan fingerprint density at radius 2 is 1.83 bits per heavy atom. The first-order valence-corrected chi connectivity index (χ1v) is 11.1. The molecule has 0 atom stereocenters. The van der Waals surface area contributed by atoms with Crippen LogP contribution in [0.3, 0.4) is 0 Å². The van der Waals surface area contributed by atoms with Gasteiger partial charge in [-0.05, 0) is 62.6 Å². The number of hydrogen-bond donors (Lipinski definition) is 1. The van der Waals surface area contributed by atoms with E-state index in [4.69, 9.17) is 4.42 Å². The molecule has 154 valence electrons. The zero-order valence-corrected chi connectivity index (χ0v) is 16.9. The Morgan fingerprint density at radius 1 is 1.07 bits per heavy atom. The van der Waals surface area contributed by atoms with Gasteiger partial charge in [0.15, 0.2) is 11.5 Å². The standard InChI is InChI=1S/C23H29N3O3/c27-21(24-18-3-1-2-4-18)13-15-9-11-26(12-10-15)23(28)17-7-8-20-19(14-17)25-22(29-20)16-5-6-16/h7-8,14-16,18H,1-6,9-13H2,(H,24,27). The molecule has 2 saturated carbocycles. The molecule has 3 fully saturated rings. The van der Waals surface area contributed by atoms with Gasteiger partial charge in [0.25, 0.3) is 5.91 Å². The number of rotatable bonds is 5. The van der Waals surface area contributed by atoms with Crippen molar-refractivity contribution in [2.75, 3.05) is 13.1 Å². The highest BCUT2D eigenvalue weighted by Gasteiger charge is 2.30. The van der Waals surface area contributed by atoms with E-state index in [0.717, 1.165) is 55.5 Å². The van der Waals surface area contributed by atoms with Gasteiger partial charge in [0.05, 0.1) is 0 Å². The molecule has 1 aliphatic heterocycles. The average molecular weight is 396 g/mol. The van der Waals surface area contributed by atoms with E-state index in [0.29, 0.717) is 43.0 Å². The molecule has 0 spiro atoms. The molecule has 1 aromatic carbocycles. The van der Waals surface area contributed by atoms with Gasteiger partial charge in [-0.3, -0.25) is 9.59 Å². The number of oxazole rings is 1. The average Bonchev–Trinajstić information content (AvgIpc) is 3.29. The number of piperidine rings is 1. The molecule has 29 heavy (non-hydrogen) atoms. The fourth-order valence-electron chi connectivity index (χ4n) is 4.72. The third-order valence-corrected chi connectivity index (χ3v) is 6.67. The SMILES string of the molecule is O=C(CC1CCN(C(=O)c2ccc3oc(C4CC4)nc3c2)CC1)NC1CCCC1. The van der Waals surface area contributed by atoms with E-state index in [2.05, 4.69) is 10.3 Å². The summed E-state index contributed by atoms with van der Waals surface area (Å²) in [7, 11) is 0. The second kappa shape index (κ2) is 7.81. The number of carbonyl (C=O) groups is 2. The van der Waals surface area contributed by atoms with Gasteiger partial charge in [-0.15, -0.1) is 0 Å². The first kappa shape index (κ1) is 18.6. The lowest BCUT2D eigenvalue weighted by Crippen LogP contribution is -2.40. The topological polar surface area (TPSA) is 75.4 Å². The summed E-state index contributed by atoms with van der Waals surface area (Å²) in [6.07, 6.45) is 9.36. The summed E-state index contributed by atoms with van der Waals surface area (Å²) in [5, 5.41) is 3.18. The molecule has 0 bridgehead atoms. The van der Waals surface area contributed by atoms with Crippen LogP contribution in [-0.4, -0.2) is 40.8 Å². The van der Waals surface area contributed by atoms with E-state index in [-0.39, 0.29) is 11.8 Å². The quantitative estimate of drug-likeness (QED) is 0.830. The predicted octanol–water partition coefficient (Wildman–Crippen LogP) is 4.01. The van der Waals surface area contributed by atoms with Crippen molar-refractivity contribution in [3.05, 3.63) is 29.7 Å². The van der Waals surface area contributed by atoms with E-state index in [1.165, 1.54) is 12.8 Å². The van der Waals surface area contributed by atoms with Crippen LogP contribution in [0.1, 0.15) is 80.0 Å². The van der Waals surface area contributed by atoms with Crippen molar-refractivity contribution in [3.8, 4) is 0 Å². The zero-order valence-electron chi connectivity index (χ0n) is 16.9. The summed E-state index contributed by atoms with van der Waals surface area (Å²) in [6, 6.07) is 5.94. The molecule has 1 saturated heterocycles. The molecule has 3 aliphatic rings. The monoisotopic (exact) mass is 395 g/mol. The first-order chi connectivity index (χ1) is 14.2. The van der Waals surface area contributed by atoms with E-state index >= 15 is 0 Å². The number of nitrogens with one attached hydrogen (secondary N) is 1. The number of hydrogen-bond acceptors (Lipinski definition) is 4. The van der Waals surface area contributed by atoms with Crippen molar-refractivity contribution in [2.45, 2.75) is 69.7 Å². The van der Waals surface area contributed by atoms with Crippen LogP contribution >= 0.6 is 0 Å². The Hall–Kier alpha value is -2.37. The van der Waals surface area contributed by atoms with Crippen LogP contribution in [0, 0.1) is 5.92 Å².